The van der Waals surface area contributed by atoms with Gasteiger partial charge < -0.3 is 0 Å². The van der Waals surface area contributed by atoms with E-state index in [4.69, 9.17) is 7.85 Å². The van der Waals surface area contributed by atoms with Crippen molar-refractivity contribution in [3.8, 4) is 0 Å². The van der Waals surface area contributed by atoms with Crippen molar-refractivity contribution < 1.29 is 0 Å². The van der Waals surface area contributed by atoms with Crippen LogP contribution in [0.4, 0.5) is 0 Å². The van der Waals surface area contributed by atoms with Gasteiger partial charge in [0.25, 0.3) is 0 Å². The van der Waals surface area contributed by atoms with Crippen LogP contribution < -0.4 is 0 Å². The first-order valence-electron chi connectivity index (χ1n) is 6.32. The zero-order chi connectivity index (χ0) is 14.3. The van der Waals surface area contributed by atoms with E-state index in [1.54, 1.807) is 6.08 Å². The lowest BCUT2D eigenvalue weighted by Gasteiger charge is -2.28. The molecule has 0 aromatic rings. The molecule has 18 heavy (non-hydrogen) atoms. The molecule has 1 unspecified atom stereocenters. The summed E-state index contributed by atoms with van der Waals surface area (Å²) in [7, 11) is 5.87. The van der Waals surface area contributed by atoms with Gasteiger partial charge in [-0.3, -0.25) is 0 Å². The van der Waals surface area contributed by atoms with E-state index < -0.39 is 0 Å². The Kier molecular flexibility index (Phi) is 6.76. The van der Waals surface area contributed by atoms with Crippen LogP contribution in [0.5, 0.6) is 0 Å². The fraction of sp³-hybridized carbons (Fsp3) is 0.412. The van der Waals surface area contributed by atoms with Crippen molar-refractivity contribution in [1.29, 1.82) is 0 Å². The van der Waals surface area contributed by atoms with Crippen molar-refractivity contribution in [3.63, 3.8) is 0 Å². The largest absolute Gasteiger partial charge is 0.118 e. The van der Waals surface area contributed by atoms with Crippen molar-refractivity contribution in [2.24, 2.45) is 5.41 Å². The summed E-state index contributed by atoms with van der Waals surface area (Å²) in [6, 6.07) is 0. The SMILES string of the molecule is [B]/C(C)=C(C)/C(C)=C(\C)C(C)(C=C)C/C=C\C=C. The van der Waals surface area contributed by atoms with E-state index in [0.717, 1.165) is 17.5 Å². The second-order valence-electron chi connectivity index (χ2n) is 5.05. The lowest BCUT2D eigenvalue weighted by molar-refractivity contribution is 0.519. The topological polar surface area (TPSA) is 0 Å². The van der Waals surface area contributed by atoms with Crippen LogP contribution in [-0.4, -0.2) is 7.85 Å². The average molecular weight is 240 g/mol. The molecule has 0 saturated carbocycles. The first-order valence-corrected chi connectivity index (χ1v) is 6.32. The monoisotopic (exact) mass is 240 g/mol. The Morgan fingerprint density at radius 2 is 1.67 bits per heavy atom. The van der Waals surface area contributed by atoms with Crippen molar-refractivity contribution in [2.45, 2.75) is 41.0 Å². The highest BCUT2D eigenvalue weighted by Gasteiger charge is 2.22. The Labute approximate surface area is 114 Å². The minimum atomic E-state index is -0.0414. The van der Waals surface area contributed by atoms with E-state index in [9.17, 15) is 0 Å². The normalized spacial score (nSPS) is 17.8. The molecule has 0 aliphatic heterocycles. The first kappa shape index (κ1) is 16.8. The van der Waals surface area contributed by atoms with Crippen LogP contribution >= 0.6 is 0 Å². The maximum Gasteiger partial charge on any atom is 0.107 e. The molecule has 0 rings (SSSR count). The Bertz CT molecular complexity index is 403. The molecule has 0 amide bonds. The van der Waals surface area contributed by atoms with E-state index in [1.807, 2.05) is 19.1 Å². The van der Waals surface area contributed by atoms with Crippen LogP contribution in [0.25, 0.3) is 0 Å². The Hall–Kier alpha value is -1.24. The quantitative estimate of drug-likeness (QED) is 0.344. The highest BCUT2D eigenvalue weighted by Crippen LogP contribution is 2.36. The third kappa shape index (κ3) is 4.21. The first-order chi connectivity index (χ1) is 8.30. The molecular weight excluding hydrogens is 215 g/mol. The second-order valence-corrected chi connectivity index (χ2v) is 5.05. The van der Waals surface area contributed by atoms with Crippen LogP contribution in [0.2, 0.25) is 0 Å². The molecule has 1 heteroatoms. The third-order valence-corrected chi connectivity index (χ3v) is 3.84. The maximum atomic E-state index is 5.87. The van der Waals surface area contributed by atoms with Gasteiger partial charge in [0.05, 0.1) is 0 Å². The van der Waals surface area contributed by atoms with Crippen LogP contribution in [0.15, 0.2) is 59.7 Å². The fourth-order valence-electron chi connectivity index (χ4n) is 1.80. The molecule has 0 fully saturated rings. The summed E-state index contributed by atoms with van der Waals surface area (Å²) in [6.07, 6.45) is 8.83. The smallest absolute Gasteiger partial charge is 0.107 e. The summed E-state index contributed by atoms with van der Waals surface area (Å²) in [5.41, 5.74) is 4.56. The van der Waals surface area contributed by atoms with Crippen molar-refractivity contribution >= 4 is 7.85 Å². The summed E-state index contributed by atoms with van der Waals surface area (Å²) < 4.78 is 0. The molecule has 0 aromatic heterocycles. The molecule has 0 aromatic carbocycles. The van der Waals surface area contributed by atoms with Crippen LogP contribution in [0, 0.1) is 5.41 Å². The van der Waals surface area contributed by atoms with Gasteiger partial charge in [-0.15, -0.1) is 12.1 Å². The lowest BCUT2D eigenvalue weighted by Crippen LogP contribution is -2.15. The molecule has 0 N–H and O–H groups in total. The zero-order valence-electron chi connectivity index (χ0n) is 12.5. The van der Waals surface area contributed by atoms with E-state index in [1.165, 1.54) is 11.1 Å². The molecule has 0 aliphatic carbocycles. The Morgan fingerprint density at radius 3 is 2.06 bits per heavy atom. The number of allylic oxidation sites excluding steroid dienone is 8. The zero-order valence-corrected chi connectivity index (χ0v) is 12.5. The summed E-state index contributed by atoms with van der Waals surface area (Å²) in [6.45, 7) is 18.2. The van der Waals surface area contributed by atoms with Crippen molar-refractivity contribution in [2.75, 3.05) is 0 Å². The molecule has 0 bridgehead atoms. The molecule has 2 radical (unpaired) electrons. The van der Waals surface area contributed by atoms with Crippen LogP contribution in [0.1, 0.15) is 41.0 Å². The van der Waals surface area contributed by atoms with Gasteiger partial charge in [0.15, 0.2) is 0 Å². The van der Waals surface area contributed by atoms with Gasteiger partial charge in [-0.1, -0.05) is 55.9 Å². The van der Waals surface area contributed by atoms with Gasteiger partial charge in [-0.25, -0.2) is 0 Å². The minimum absolute atomic E-state index is 0.0414. The van der Waals surface area contributed by atoms with E-state index in [0.29, 0.717) is 0 Å². The average Bonchev–Trinajstić information content (AvgIpc) is 2.35. The second kappa shape index (κ2) is 7.26. The molecule has 0 nitrogen and oxygen atoms in total. The standard InChI is InChI=1S/C17H25B/c1-8-10-11-12-17(7,9-2)15(5)13(3)14(4)16(6)18/h8-11H,1-2,12H2,3-7H3/b11-10-,15-13+,16-14+. The molecule has 0 spiro atoms. The van der Waals surface area contributed by atoms with Crippen LogP contribution in [0.3, 0.4) is 0 Å². The third-order valence-electron chi connectivity index (χ3n) is 3.84. The number of hydrogen-bond acceptors (Lipinski definition) is 0. The molecule has 0 heterocycles. The summed E-state index contributed by atoms with van der Waals surface area (Å²) in [5.74, 6) is 0. The van der Waals surface area contributed by atoms with Gasteiger partial charge in [0.1, 0.15) is 7.85 Å². The predicted molar refractivity (Wildman–Crippen MR) is 84.8 cm³/mol. The molecule has 1 atom stereocenters. The Balaban J connectivity index is 5.47. The molecular formula is C17H25B. The lowest BCUT2D eigenvalue weighted by atomic mass is 9.75. The molecule has 0 saturated heterocycles. The fourth-order valence-corrected chi connectivity index (χ4v) is 1.80. The van der Waals surface area contributed by atoms with Gasteiger partial charge >= 0.3 is 0 Å². The number of hydrogen-bond donors (Lipinski definition) is 0. The van der Waals surface area contributed by atoms with Gasteiger partial charge in [0, 0.05) is 5.41 Å². The minimum Gasteiger partial charge on any atom is -0.118 e. The van der Waals surface area contributed by atoms with Crippen molar-refractivity contribution in [3.05, 3.63) is 59.7 Å². The van der Waals surface area contributed by atoms with E-state index in [2.05, 4.69) is 46.9 Å². The van der Waals surface area contributed by atoms with Gasteiger partial charge in [-0.2, -0.15) is 0 Å². The summed E-state index contributed by atoms with van der Waals surface area (Å²) >= 11 is 0. The van der Waals surface area contributed by atoms with E-state index >= 15 is 0 Å². The number of rotatable bonds is 6. The van der Waals surface area contributed by atoms with E-state index in [-0.39, 0.29) is 5.41 Å². The highest BCUT2D eigenvalue weighted by atomic mass is 14.3. The summed E-state index contributed by atoms with van der Waals surface area (Å²) in [5, 5.41) is 0. The molecule has 0 aliphatic rings. The van der Waals surface area contributed by atoms with Gasteiger partial charge in [0.2, 0.25) is 0 Å². The summed E-state index contributed by atoms with van der Waals surface area (Å²) in [4.78, 5) is 0. The maximum absolute atomic E-state index is 5.87. The Morgan fingerprint density at radius 1 is 1.11 bits per heavy atom. The highest BCUT2D eigenvalue weighted by molar-refractivity contribution is 6.21. The van der Waals surface area contributed by atoms with Crippen molar-refractivity contribution in [1.82, 2.24) is 0 Å². The predicted octanol–water partition coefficient (Wildman–Crippen LogP) is 5.11. The van der Waals surface area contributed by atoms with Crippen LogP contribution in [-0.2, 0) is 0 Å². The molecule has 96 valence electrons. The van der Waals surface area contributed by atoms with Gasteiger partial charge in [-0.05, 0) is 32.8 Å².